The minimum Gasteiger partial charge on any atom is -0.311 e. The normalized spacial score (nSPS) is 37.4. The minimum absolute atomic E-state index is 0.148. The van der Waals surface area contributed by atoms with Crippen LogP contribution in [0.4, 0.5) is 0 Å². The van der Waals surface area contributed by atoms with Gasteiger partial charge in [0.25, 0.3) is 9.05 Å². The summed E-state index contributed by atoms with van der Waals surface area (Å²) in [4.78, 5) is -1.35. The molecule has 0 saturated heterocycles. The fraction of sp³-hybridized carbons (Fsp3) is 0.800. The van der Waals surface area contributed by atoms with Crippen LogP contribution in [0.3, 0.4) is 0 Å². The summed E-state index contributed by atoms with van der Waals surface area (Å²) in [6.07, 6.45) is 0.296. The van der Waals surface area contributed by atoms with Gasteiger partial charge in [-0.05, 0) is 12.8 Å². The van der Waals surface area contributed by atoms with Crippen LogP contribution >= 0.6 is 10.7 Å². The summed E-state index contributed by atoms with van der Waals surface area (Å²) >= 11 is 0. The Kier molecular flexibility index (Phi) is 1.87. The molecular formula is C5H7ClN2O2S. The van der Waals surface area contributed by atoms with Gasteiger partial charge in [0.05, 0.1) is 12.0 Å². The molecular weight excluding hydrogens is 188 g/mol. The quantitative estimate of drug-likeness (QED) is 0.602. The molecule has 62 valence electrons. The van der Waals surface area contributed by atoms with E-state index in [4.69, 9.17) is 21.7 Å². The second-order valence-corrected chi connectivity index (χ2v) is 5.64. The van der Waals surface area contributed by atoms with Gasteiger partial charge in [-0.3, -0.25) is 0 Å². The third-order valence-electron chi connectivity index (χ3n) is 1.85. The van der Waals surface area contributed by atoms with Crippen LogP contribution in [0, 0.1) is 17.2 Å². The van der Waals surface area contributed by atoms with Gasteiger partial charge < -0.3 is 5.73 Å². The lowest BCUT2D eigenvalue weighted by Gasteiger charge is -2.38. The Balaban J connectivity index is 2.74. The van der Waals surface area contributed by atoms with Gasteiger partial charge in [-0.25, -0.2) is 8.42 Å². The van der Waals surface area contributed by atoms with Gasteiger partial charge in [0.1, 0.15) is 4.87 Å². The molecule has 0 aromatic carbocycles. The van der Waals surface area contributed by atoms with Crippen LogP contribution in [-0.4, -0.2) is 13.3 Å². The topological polar surface area (TPSA) is 83.9 Å². The number of hydrogen-bond donors (Lipinski definition) is 1. The average Bonchev–Trinajstić information content (AvgIpc) is 1.78. The first-order valence-corrected chi connectivity index (χ1v) is 5.33. The summed E-state index contributed by atoms with van der Waals surface area (Å²) in [6, 6.07) is 1.93. The van der Waals surface area contributed by atoms with Crippen LogP contribution < -0.4 is 5.73 Å². The Morgan fingerprint density at radius 3 is 2.36 bits per heavy atom. The lowest BCUT2D eigenvalue weighted by atomic mass is 9.81. The van der Waals surface area contributed by atoms with Crippen molar-refractivity contribution in [2.75, 3.05) is 0 Å². The molecule has 0 aliphatic heterocycles. The van der Waals surface area contributed by atoms with Crippen LogP contribution in [0.15, 0.2) is 0 Å². The highest BCUT2D eigenvalue weighted by Gasteiger charge is 2.50. The number of rotatable bonds is 1. The molecule has 0 spiro atoms. The monoisotopic (exact) mass is 194 g/mol. The van der Waals surface area contributed by atoms with Crippen molar-refractivity contribution in [2.24, 2.45) is 11.7 Å². The molecule has 1 aliphatic rings. The Morgan fingerprint density at radius 1 is 1.64 bits per heavy atom. The molecule has 0 heterocycles. The molecule has 1 aliphatic carbocycles. The number of nitriles is 1. The summed E-state index contributed by atoms with van der Waals surface area (Å²) in [6.45, 7) is 0. The zero-order chi connectivity index (χ0) is 8.70. The van der Waals surface area contributed by atoms with E-state index in [-0.39, 0.29) is 18.8 Å². The summed E-state index contributed by atoms with van der Waals surface area (Å²) in [5.74, 6) is -0.256. The first-order valence-electron chi connectivity index (χ1n) is 3.02. The van der Waals surface area contributed by atoms with E-state index in [1.807, 2.05) is 6.07 Å². The molecule has 0 unspecified atom stereocenters. The highest BCUT2D eigenvalue weighted by molar-refractivity contribution is 8.14. The van der Waals surface area contributed by atoms with Crippen LogP contribution in [0.5, 0.6) is 0 Å². The predicted octanol–water partition coefficient (Wildman–Crippen LogP) is 0.144. The van der Waals surface area contributed by atoms with Crippen molar-refractivity contribution in [2.45, 2.75) is 17.7 Å². The van der Waals surface area contributed by atoms with Crippen molar-refractivity contribution in [1.29, 1.82) is 5.26 Å². The van der Waals surface area contributed by atoms with Gasteiger partial charge in [0.2, 0.25) is 0 Å². The predicted molar refractivity (Wildman–Crippen MR) is 40.0 cm³/mol. The van der Waals surface area contributed by atoms with Crippen LogP contribution in [0.1, 0.15) is 12.8 Å². The molecule has 11 heavy (non-hydrogen) atoms. The highest BCUT2D eigenvalue weighted by atomic mass is 35.7. The maximum Gasteiger partial charge on any atom is 0.251 e. The summed E-state index contributed by atoms with van der Waals surface area (Å²) < 4.78 is 21.5. The largest absolute Gasteiger partial charge is 0.311 e. The minimum atomic E-state index is -3.71. The molecule has 4 nitrogen and oxygen atoms in total. The molecule has 6 heteroatoms. The van der Waals surface area contributed by atoms with Gasteiger partial charge in [-0.2, -0.15) is 5.26 Å². The van der Waals surface area contributed by atoms with Crippen molar-refractivity contribution in [3.63, 3.8) is 0 Å². The molecule has 0 radical (unpaired) electrons. The Bertz CT molecular complexity index is 299. The molecule has 2 N–H and O–H groups in total. The third kappa shape index (κ3) is 1.34. The number of halogens is 1. The molecule has 0 bridgehead atoms. The molecule has 1 rings (SSSR count). The first-order chi connectivity index (χ1) is 4.89. The van der Waals surface area contributed by atoms with Crippen molar-refractivity contribution >= 4 is 19.7 Å². The lowest BCUT2D eigenvalue weighted by Crippen LogP contribution is -2.55. The Hall–Kier alpha value is -0.310. The molecule has 0 aromatic rings. The Labute approximate surface area is 69.4 Å². The molecule has 0 amide bonds. The smallest absolute Gasteiger partial charge is 0.251 e. The number of nitrogens with zero attached hydrogens (tertiary/aromatic N) is 1. The zero-order valence-electron chi connectivity index (χ0n) is 5.62. The van der Waals surface area contributed by atoms with E-state index in [2.05, 4.69) is 0 Å². The second kappa shape index (κ2) is 2.34. The van der Waals surface area contributed by atoms with Crippen molar-refractivity contribution in [3.8, 4) is 6.07 Å². The van der Waals surface area contributed by atoms with E-state index >= 15 is 0 Å². The van der Waals surface area contributed by atoms with Crippen molar-refractivity contribution < 1.29 is 8.42 Å². The number of nitrogens with two attached hydrogens (primary N) is 1. The maximum atomic E-state index is 10.7. The number of hydrogen-bond acceptors (Lipinski definition) is 4. The maximum absolute atomic E-state index is 10.7. The molecule has 1 fully saturated rings. The fourth-order valence-electron chi connectivity index (χ4n) is 1.06. The summed E-state index contributed by atoms with van der Waals surface area (Å²) in [7, 11) is 1.33. The van der Waals surface area contributed by atoms with E-state index < -0.39 is 13.9 Å². The van der Waals surface area contributed by atoms with Crippen LogP contribution in [-0.2, 0) is 9.05 Å². The van der Waals surface area contributed by atoms with Gasteiger partial charge in [-0.1, -0.05) is 0 Å². The lowest BCUT2D eigenvalue weighted by molar-refractivity contribution is 0.280. The SMILES string of the molecule is N#CC1CC(N)(S(=O)(=O)Cl)C1. The summed E-state index contributed by atoms with van der Waals surface area (Å²) in [5, 5.41) is 8.34. The average molecular weight is 195 g/mol. The van der Waals surface area contributed by atoms with Gasteiger partial charge in [-0.15, -0.1) is 0 Å². The van der Waals surface area contributed by atoms with Crippen molar-refractivity contribution in [1.82, 2.24) is 0 Å². The highest BCUT2D eigenvalue weighted by Crippen LogP contribution is 2.40. The molecule has 0 aromatic heterocycles. The van der Waals surface area contributed by atoms with Crippen LogP contribution in [0.2, 0.25) is 0 Å². The van der Waals surface area contributed by atoms with E-state index in [0.29, 0.717) is 0 Å². The first kappa shape index (κ1) is 8.78. The van der Waals surface area contributed by atoms with E-state index in [0.717, 1.165) is 0 Å². The third-order valence-corrected chi connectivity index (χ3v) is 4.08. The molecule has 0 atom stereocenters. The van der Waals surface area contributed by atoms with Gasteiger partial charge in [0, 0.05) is 10.7 Å². The fourth-order valence-corrected chi connectivity index (χ4v) is 2.24. The summed E-state index contributed by atoms with van der Waals surface area (Å²) in [5.41, 5.74) is 5.37. The molecule has 1 saturated carbocycles. The van der Waals surface area contributed by atoms with Crippen LogP contribution in [0.25, 0.3) is 0 Å². The van der Waals surface area contributed by atoms with E-state index in [9.17, 15) is 8.42 Å². The van der Waals surface area contributed by atoms with E-state index in [1.165, 1.54) is 0 Å². The van der Waals surface area contributed by atoms with Gasteiger partial charge >= 0.3 is 0 Å². The Morgan fingerprint density at radius 2 is 2.09 bits per heavy atom. The van der Waals surface area contributed by atoms with Crippen molar-refractivity contribution in [3.05, 3.63) is 0 Å². The van der Waals surface area contributed by atoms with E-state index in [1.54, 1.807) is 0 Å². The van der Waals surface area contributed by atoms with Gasteiger partial charge in [0.15, 0.2) is 0 Å². The zero-order valence-corrected chi connectivity index (χ0v) is 7.19. The second-order valence-electron chi connectivity index (χ2n) is 2.74. The standard InChI is InChI=1S/C5H7ClN2O2S/c6-11(9,10)5(8)1-4(2-5)3-7/h4H,1-2,8H2.